The summed E-state index contributed by atoms with van der Waals surface area (Å²) in [6.07, 6.45) is 13.3. The van der Waals surface area contributed by atoms with Gasteiger partial charge in [0.1, 0.15) is 0 Å². The van der Waals surface area contributed by atoms with Crippen molar-refractivity contribution in [3.63, 3.8) is 0 Å². The van der Waals surface area contributed by atoms with Gasteiger partial charge in [0.25, 0.3) is 0 Å². The van der Waals surface area contributed by atoms with Crippen LogP contribution in [0.15, 0.2) is 48.0 Å². The molecule has 3 N–H and O–H groups in total. The van der Waals surface area contributed by atoms with Crippen LogP contribution in [0, 0.1) is 0 Å². The number of imidazole rings is 1. The highest BCUT2D eigenvalue weighted by Crippen LogP contribution is 2.07. The first-order valence-electron chi connectivity index (χ1n) is 9.35. The fourth-order valence-corrected chi connectivity index (χ4v) is 2.70. The van der Waals surface area contributed by atoms with Crippen molar-refractivity contribution in [1.29, 1.82) is 0 Å². The highest BCUT2D eigenvalue weighted by molar-refractivity contribution is 14.0. The number of halogens is 1. The first-order chi connectivity index (χ1) is 12.3. The molecule has 5 nitrogen and oxygen atoms in total. The summed E-state index contributed by atoms with van der Waals surface area (Å²) in [6.45, 7) is 4.60. The maximum atomic E-state index is 5.93. The number of benzene rings is 1. The number of nitrogens with two attached hydrogens (primary N) is 1. The first kappa shape index (κ1) is 22.5. The van der Waals surface area contributed by atoms with Crippen molar-refractivity contribution < 1.29 is 0 Å². The lowest BCUT2D eigenvalue weighted by Crippen LogP contribution is -2.32. The van der Waals surface area contributed by atoms with Crippen LogP contribution in [0.1, 0.15) is 56.6 Å². The zero-order chi connectivity index (χ0) is 17.7. The molecule has 0 spiro atoms. The summed E-state index contributed by atoms with van der Waals surface area (Å²) in [5, 5.41) is 3.20. The monoisotopic (exact) mass is 469 g/mol. The number of hydrogen-bond acceptors (Lipinski definition) is 2. The summed E-state index contributed by atoms with van der Waals surface area (Å²) in [5.74, 6) is 0.538. The minimum absolute atomic E-state index is 0. The lowest BCUT2D eigenvalue weighted by molar-refractivity contribution is 0.601. The minimum Gasteiger partial charge on any atom is -0.370 e. The second-order valence-corrected chi connectivity index (χ2v) is 6.45. The molecule has 0 aliphatic rings. The van der Waals surface area contributed by atoms with Crippen LogP contribution in [-0.4, -0.2) is 22.1 Å². The quantitative estimate of drug-likeness (QED) is 0.223. The van der Waals surface area contributed by atoms with Gasteiger partial charge in [-0.05, 0) is 17.5 Å². The smallest absolute Gasteiger partial charge is 0.188 e. The van der Waals surface area contributed by atoms with Crippen molar-refractivity contribution in [2.75, 3.05) is 6.54 Å². The Bertz CT molecular complexity index is 608. The van der Waals surface area contributed by atoms with E-state index >= 15 is 0 Å². The van der Waals surface area contributed by atoms with Crippen LogP contribution in [0.4, 0.5) is 0 Å². The van der Waals surface area contributed by atoms with E-state index in [2.05, 4.69) is 51.0 Å². The van der Waals surface area contributed by atoms with Crippen LogP contribution in [0.25, 0.3) is 0 Å². The van der Waals surface area contributed by atoms with Crippen molar-refractivity contribution in [2.24, 2.45) is 10.7 Å². The van der Waals surface area contributed by atoms with Gasteiger partial charge in [-0.25, -0.2) is 9.98 Å². The highest BCUT2D eigenvalue weighted by atomic mass is 127. The average molecular weight is 469 g/mol. The third-order valence-electron chi connectivity index (χ3n) is 4.22. The SMILES string of the molecule is CCCCCCCCNC(N)=NCc1ccc(Cn2ccnc2)cc1.I. The van der Waals surface area contributed by atoms with Crippen LogP contribution in [0.2, 0.25) is 0 Å². The molecule has 0 aliphatic carbocycles. The molecule has 0 atom stereocenters. The van der Waals surface area contributed by atoms with Gasteiger partial charge in [0.2, 0.25) is 0 Å². The van der Waals surface area contributed by atoms with Gasteiger partial charge >= 0.3 is 0 Å². The topological polar surface area (TPSA) is 68.2 Å². The molecule has 0 amide bonds. The van der Waals surface area contributed by atoms with E-state index in [1.54, 1.807) is 6.20 Å². The molecule has 0 saturated carbocycles. The molecule has 0 unspecified atom stereocenters. The van der Waals surface area contributed by atoms with Gasteiger partial charge in [0.15, 0.2) is 5.96 Å². The van der Waals surface area contributed by atoms with E-state index in [0.29, 0.717) is 12.5 Å². The third-order valence-corrected chi connectivity index (χ3v) is 4.22. The van der Waals surface area contributed by atoms with Gasteiger partial charge in [-0.1, -0.05) is 63.3 Å². The van der Waals surface area contributed by atoms with Gasteiger partial charge in [0, 0.05) is 25.5 Å². The number of hydrogen-bond donors (Lipinski definition) is 2. The molecule has 2 rings (SSSR count). The van der Waals surface area contributed by atoms with Crippen molar-refractivity contribution >= 4 is 29.9 Å². The van der Waals surface area contributed by atoms with E-state index < -0.39 is 0 Å². The fraction of sp³-hybridized carbons (Fsp3) is 0.500. The highest BCUT2D eigenvalue weighted by Gasteiger charge is 1.97. The largest absolute Gasteiger partial charge is 0.370 e. The molecule has 0 aliphatic heterocycles. The number of nitrogens with one attached hydrogen (secondary N) is 1. The number of rotatable bonds is 11. The molecule has 1 aromatic heterocycles. The Morgan fingerprint density at radius 1 is 1.08 bits per heavy atom. The standard InChI is InChI=1S/C20H31N5.HI/c1-2-3-4-5-6-7-12-23-20(21)24-15-18-8-10-19(11-9-18)16-25-14-13-22-17-25;/h8-11,13-14,17H,2-7,12,15-16H2,1H3,(H3,21,23,24);1H. The Morgan fingerprint density at radius 2 is 1.77 bits per heavy atom. The number of nitrogens with zero attached hydrogens (tertiary/aromatic N) is 3. The molecule has 26 heavy (non-hydrogen) atoms. The normalized spacial score (nSPS) is 11.2. The molecule has 144 valence electrons. The molecular weight excluding hydrogens is 437 g/mol. The van der Waals surface area contributed by atoms with E-state index in [9.17, 15) is 0 Å². The molecule has 6 heteroatoms. The zero-order valence-corrected chi connectivity index (χ0v) is 18.1. The summed E-state index contributed by atoms with van der Waals surface area (Å²) in [7, 11) is 0. The fourth-order valence-electron chi connectivity index (χ4n) is 2.70. The summed E-state index contributed by atoms with van der Waals surface area (Å²) in [6, 6.07) is 8.48. The number of aliphatic imine (C=N–C) groups is 1. The van der Waals surface area contributed by atoms with Crippen LogP contribution < -0.4 is 11.1 Å². The van der Waals surface area contributed by atoms with Crippen LogP contribution >= 0.6 is 24.0 Å². The van der Waals surface area contributed by atoms with E-state index in [4.69, 9.17) is 5.73 Å². The lowest BCUT2D eigenvalue weighted by atomic mass is 10.1. The zero-order valence-electron chi connectivity index (χ0n) is 15.7. The Balaban J connectivity index is 0.00000338. The molecule has 0 fully saturated rings. The molecule has 1 heterocycles. The van der Waals surface area contributed by atoms with Crippen molar-refractivity contribution in [1.82, 2.24) is 14.9 Å². The van der Waals surface area contributed by atoms with Gasteiger partial charge in [0.05, 0.1) is 12.9 Å². The Hall–Kier alpha value is -1.57. The first-order valence-corrected chi connectivity index (χ1v) is 9.35. The number of aromatic nitrogens is 2. The molecule has 1 aromatic carbocycles. The van der Waals surface area contributed by atoms with E-state index in [-0.39, 0.29) is 24.0 Å². The molecule has 2 aromatic rings. The van der Waals surface area contributed by atoms with Crippen LogP contribution in [-0.2, 0) is 13.1 Å². The van der Waals surface area contributed by atoms with Gasteiger partial charge in [-0.2, -0.15) is 0 Å². The predicted molar refractivity (Wildman–Crippen MR) is 120 cm³/mol. The van der Waals surface area contributed by atoms with Crippen molar-refractivity contribution in [3.8, 4) is 0 Å². The Kier molecular flexibility index (Phi) is 11.8. The van der Waals surface area contributed by atoms with E-state index in [1.807, 2.05) is 12.5 Å². The van der Waals surface area contributed by atoms with Gasteiger partial charge < -0.3 is 15.6 Å². The number of unbranched alkanes of at least 4 members (excludes halogenated alkanes) is 5. The Labute approximate surface area is 174 Å². The lowest BCUT2D eigenvalue weighted by Gasteiger charge is -2.06. The second-order valence-electron chi connectivity index (χ2n) is 6.45. The van der Waals surface area contributed by atoms with Gasteiger partial charge in [-0.3, -0.25) is 0 Å². The summed E-state index contributed by atoms with van der Waals surface area (Å²) in [5.41, 5.74) is 8.35. The van der Waals surface area contributed by atoms with E-state index in [0.717, 1.165) is 19.5 Å². The second kappa shape index (κ2) is 13.6. The van der Waals surface area contributed by atoms with Crippen LogP contribution in [0.3, 0.4) is 0 Å². The van der Waals surface area contributed by atoms with Crippen molar-refractivity contribution in [3.05, 3.63) is 54.1 Å². The van der Waals surface area contributed by atoms with Gasteiger partial charge in [-0.15, -0.1) is 24.0 Å². The molecule has 0 saturated heterocycles. The summed E-state index contributed by atoms with van der Waals surface area (Å²) >= 11 is 0. The average Bonchev–Trinajstić information content (AvgIpc) is 3.13. The summed E-state index contributed by atoms with van der Waals surface area (Å²) in [4.78, 5) is 8.47. The maximum Gasteiger partial charge on any atom is 0.188 e. The maximum absolute atomic E-state index is 5.93. The third kappa shape index (κ3) is 9.22. The molecule has 0 bridgehead atoms. The molecule has 0 radical (unpaired) electrons. The predicted octanol–water partition coefficient (Wildman–Crippen LogP) is 4.31. The molecular formula is C20H32IN5. The summed E-state index contributed by atoms with van der Waals surface area (Å²) < 4.78 is 2.05. The Morgan fingerprint density at radius 3 is 2.46 bits per heavy atom. The van der Waals surface area contributed by atoms with Crippen molar-refractivity contribution in [2.45, 2.75) is 58.5 Å². The number of guanidine groups is 1. The minimum atomic E-state index is 0. The van der Waals surface area contributed by atoms with E-state index in [1.165, 1.54) is 43.2 Å². The van der Waals surface area contributed by atoms with Crippen LogP contribution in [0.5, 0.6) is 0 Å².